The third-order valence-corrected chi connectivity index (χ3v) is 2.35. The summed E-state index contributed by atoms with van der Waals surface area (Å²) in [6.45, 7) is 0. The van der Waals surface area contributed by atoms with Crippen LogP contribution in [-0.2, 0) is 28.7 Å². The standard InChI is InChI=1S/C9H13NO6/c1-10(15-3)8(12)5-4-6(11)16-7(5)9(13)14-2/h5,7H,4H2,1-3H3/t5-,7+/m0/s1. The van der Waals surface area contributed by atoms with Gasteiger partial charge in [-0.2, -0.15) is 0 Å². The number of carbonyl (C=O) groups is 3. The van der Waals surface area contributed by atoms with E-state index in [9.17, 15) is 14.4 Å². The van der Waals surface area contributed by atoms with Crippen LogP contribution >= 0.6 is 0 Å². The molecule has 1 fully saturated rings. The Morgan fingerprint density at radius 1 is 1.44 bits per heavy atom. The van der Waals surface area contributed by atoms with Crippen molar-refractivity contribution in [3.05, 3.63) is 0 Å². The fraction of sp³-hybridized carbons (Fsp3) is 0.667. The number of hydroxylamine groups is 2. The van der Waals surface area contributed by atoms with Crippen LogP contribution in [0.2, 0.25) is 0 Å². The van der Waals surface area contributed by atoms with E-state index in [2.05, 4.69) is 9.57 Å². The van der Waals surface area contributed by atoms with Crippen molar-refractivity contribution in [2.75, 3.05) is 21.3 Å². The van der Waals surface area contributed by atoms with E-state index in [1.807, 2.05) is 0 Å². The van der Waals surface area contributed by atoms with E-state index in [0.29, 0.717) is 0 Å². The second-order valence-electron chi connectivity index (χ2n) is 3.26. The first-order valence-corrected chi connectivity index (χ1v) is 4.60. The molecule has 0 unspecified atom stereocenters. The monoisotopic (exact) mass is 231 g/mol. The molecule has 0 bridgehead atoms. The Kier molecular flexibility index (Phi) is 3.83. The molecule has 1 saturated heterocycles. The summed E-state index contributed by atoms with van der Waals surface area (Å²) >= 11 is 0. The summed E-state index contributed by atoms with van der Waals surface area (Å²) in [6.07, 6.45) is -1.32. The molecule has 1 rings (SSSR count). The van der Waals surface area contributed by atoms with Crippen LogP contribution in [0.4, 0.5) is 0 Å². The van der Waals surface area contributed by atoms with Gasteiger partial charge in [0, 0.05) is 7.05 Å². The number of cyclic esters (lactones) is 1. The Balaban J connectivity index is 2.81. The molecule has 0 spiro atoms. The van der Waals surface area contributed by atoms with Crippen molar-refractivity contribution in [3.8, 4) is 0 Å². The van der Waals surface area contributed by atoms with Crippen LogP contribution in [0.1, 0.15) is 6.42 Å². The quantitative estimate of drug-likeness (QED) is 0.463. The molecule has 2 atom stereocenters. The van der Waals surface area contributed by atoms with Crippen molar-refractivity contribution in [2.24, 2.45) is 5.92 Å². The van der Waals surface area contributed by atoms with E-state index in [-0.39, 0.29) is 6.42 Å². The van der Waals surface area contributed by atoms with Crippen molar-refractivity contribution in [2.45, 2.75) is 12.5 Å². The molecule has 0 aromatic carbocycles. The van der Waals surface area contributed by atoms with E-state index < -0.39 is 29.9 Å². The molecule has 1 aliphatic heterocycles. The minimum Gasteiger partial charge on any atom is -0.466 e. The summed E-state index contributed by atoms with van der Waals surface area (Å²) in [5, 5.41) is 0.947. The number of amides is 1. The zero-order chi connectivity index (χ0) is 12.3. The first kappa shape index (κ1) is 12.4. The summed E-state index contributed by atoms with van der Waals surface area (Å²) in [5.74, 6) is -2.72. The Labute approximate surface area is 92.2 Å². The molecule has 90 valence electrons. The SMILES string of the molecule is COC(=O)[C@@H]1OC(=O)C[C@@H]1C(=O)N(C)OC. The molecule has 0 aromatic heterocycles. The maximum atomic E-state index is 11.7. The molecule has 0 aromatic rings. The molecule has 1 amide bonds. The van der Waals surface area contributed by atoms with Gasteiger partial charge in [0.1, 0.15) is 0 Å². The van der Waals surface area contributed by atoms with Crippen LogP contribution < -0.4 is 0 Å². The highest BCUT2D eigenvalue weighted by atomic mass is 16.7. The number of carbonyl (C=O) groups excluding carboxylic acids is 3. The van der Waals surface area contributed by atoms with Crippen LogP contribution in [0.3, 0.4) is 0 Å². The highest BCUT2D eigenvalue weighted by molar-refractivity contribution is 5.93. The van der Waals surface area contributed by atoms with Crippen LogP contribution in [0.5, 0.6) is 0 Å². The van der Waals surface area contributed by atoms with Gasteiger partial charge in [-0.05, 0) is 0 Å². The molecule has 7 heteroatoms. The summed E-state index contributed by atoms with van der Waals surface area (Å²) in [6, 6.07) is 0. The molecule has 0 saturated carbocycles. The normalized spacial score (nSPS) is 23.8. The molecule has 16 heavy (non-hydrogen) atoms. The lowest BCUT2D eigenvalue weighted by molar-refractivity contribution is -0.178. The second kappa shape index (κ2) is 4.93. The van der Waals surface area contributed by atoms with Crippen LogP contribution in [0.25, 0.3) is 0 Å². The van der Waals surface area contributed by atoms with Gasteiger partial charge in [0.15, 0.2) is 0 Å². The Hall–Kier alpha value is -1.63. The van der Waals surface area contributed by atoms with Gasteiger partial charge >= 0.3 is 11.9 Å². The maximum Gasteiger partial charge on any atom is 0.348 e. The average molecular weight is 231 g/mol. The van der Waals surface area contributed by atoms with Crippen molar-refractivity contribution >= 4 is 17.8 Å². The molecule has 1 aliphatic rings. The Bertz CT molecular complexity index is 315. The number of ether oxygens (including phenoxy) is 2. The first-order valence-electron chi connectivity index (χ1n) is 4.60. The van der Waals surface area contributed by atoms with Gasteiger partial charge in [-0.15, -0.1) is 0 Å². The van der Waals surface area contributed by atoms with Gasteiger partial charge in [-0.25, -0.2) is 9.86 Å². The first-order chi connectivity index (χ1) is 7.51. The Morgan fingerprint density at radius 2 is 2.06 bits per heavy atom. The van der Waals surface area contributed by atoms with E-state index in [1.165, 1.54) is 14.2 Å². The number of nitrogens with zero attached hydrogens (tertiary/aromatic N) is 1. The number of esters is 2. The summed E-state index contributed by atoms with van der Waals surface area (Å²) in [4.78, 5) is 38.7. The van der Waals surface area contributed by atoms with E-state index in [0.717, 1.165) is 12.2 Å². The lowest BCUT2D eigenvalue weighted by atomic mass is 10.0. The number of rotatable bonds is 3. The van der Waals surface area contributed by atoms with Crippen molar-refractivity contribution in [1.29, 1.82) is 0 Å². The molecule has 1 heterocycles. The zero-order valence-electron chi connectivity index (χ0n) is 9.26. The summed E-state index contributed by atoms with van der Waals surface area (Å²) in [7, 11) is 3.86. The second-order valence-corrected chi connectivity index (χ2v) is 3.26. The van der Waals surface area contributed by atoms with Crippen LogP contribution in [0, 0.1) is 5.92 Å². The maximum absolute atomic E-state index is 11.7. The lowest BCUT2D eigenvalue weighted by Crippen LogP contribution is -2.39. The fourth-order valence-corrected chi connectivity index (χ4v) is 1.43. The number of methoxy groups -OCH3 is 1. The van der Waals surface area contributed by atoms with Gasteiger partial charge in [-0.1, -0.05) is 0 Å². The van der Waals surface area contributed by atoms with Crippen molar-refractivity contribution in [3.63, 3.8) is 0 Å². The number of hydrogen-bond donors (Lipinski definition) is 0. The van der Waals surface area contributed by atoms with Gasteiger partial charge in [-0.3, -0.25) is 14.4 Å². The zero-order valence-corrected chi connectivity index (χ0v) is 9.26. The molecule has 0 aliphatic carbocycles. The molecular formula is C9H13NO6. The highest BCUT2D eigenvalue weighted by Gasteiger charge is 2.46. The minimum atomic E-state index is -1.18. The van der Waals surface area contributed by atoms with E-state index >= 15 is 0 Å². The van der Waals surface area contributed by atoms with E-state index in [4.69, 9.17) is 4.74 Å². The average Bonchev–Trinajstić information content (AvgIpc) is 2.68. The van der Waals surface area contributed by atoms with Gasteiger partial charge in [0.2, 0.25) is 6.10 Å². The molecule has 7 nitrogen and oxygen atoms in total. The van der Waals surface area contributed by atoms with Crippen LogP contribution in [0.15, 0.2) is 0 Å². The topological polar surface area (TPSA) is 82.1 Å². The predicted molar refractivity (Wildman–Crippen MR) is 49.8 cm³/mol. The Morgan fingerprint density at radius 3 is 2.56 bits per heavy atom. The summed E-state index contributed by atoms with van der Waals surface area (Å²) in [5.41, 5.74) is 0. The van der Waals surface area contributed by atoms with Crippen molar-refractivity contribution < 1.29 is 28.7 Å². The lowest BCUT2D eigenvalue weighted by Gasteiger charge is -2.19. The van der Waals surface area contributed by atoms with Crippen molar-refractivity contribution in [1.82, 2.24) is 5.06 Å². The van der Waals surface area contributed by atoms with Crippen LogP contribution in [-0.4, -0.2) is 50.3 Å². The third-order valence-electron chi connectivity index (χ3n) is 2.35. The van der Waals surface area contributed by atoms with Gasteiger partial charge in [0.25, 0.3) is 5.91 Å². The minimum absolute atomic E-state index is 0.147. The smallest absolute Gasteiger partial charge is 0.348 e. The highest BCUT2D eigenvalue weighted by Crippen LogP contribution is 2.25. The van der Waals surface area contributed by atoms with Gasteiger partial charge in [0.05, 0.1) is 26.6 Å². The number of hydrogen-bond acceptors (Lipinski definition) is 6. The van der Waals surface area contributed by atoms with Gasteiger partial charge < -0.3 is 9.47 Å². The predicted octanol–water partition coefficient (Wildman–Crippen LogP) is -0.889. The largest absolute Gasteiger partial charge is 0.466 e. The fourth-order valence-electron chi connectivity index (χ4n) is 1.43. The van der Waals surface area contributed by atoms with E-state index in [1.54, 1.807) is 0 Å². The third kappa shape index (κ3) is 2.30. The molecule has 0 N–H and O–H groups in total. The molecule has 0 radical (unpaired) electrons. The molecular weight excluding hydrogens is 218 g/mol. The summed E-state index contributed by atoms with van der Waals surface area (Å²) < 4.78 is 9.17.